The second-order valence-electron chi connectivity index (χ2n) is 13.1. The highest BCUT2D eigenvalue weighted by Crippen LogP contribution is 2.49. The van der Waals surface area contributed by atoms with Crippen molar-refractivity contribution in [2.45, 2.75) is 104 Å². The first-order valence-electron chi connectivity index (χ1n) is 16.3. The van der Waals surface area contributed by atoms with Crippen LogP contribution in [0.3, 0.4) is 0 Å². The van der Waals surface area contributed by atoms with Gasteiger partial charge in [0.25, 0.3) is 0 Å². The third-order valence-electron chi connectivity index (χ3n) is 10.5. The molecule has 4 atom stereocenters. The van der Waals surface area contributed by atoms with E-state index in [1.54, 1.807) is 6.92 Å². The quantitative estimate of drug-likeness (QED) is 0.276. The Morgan fingerprint density at radius 2 is 1.12 bits per heavy atom. The number of hydrogen-bond donors (Lipinski definition) is 0. The molecule has 0 amide bonds. The highest BCUT2D eigenvalue weighted by atomic mass is 19.2. The van der Waals surface area contributed by atoms with Crippen molar-refractivity contribution in [3.05, 3.63) is 59.2 Å². The molecule has 2 aromatic carbocycles. The number of fused-ring (bicyclic) bond motifs is 1. The Morgan fingerprint density at radius 3 is 1.77 bits per heavy atom. The Balaban J connectivity index is 1.01. The lowest BCUT2D eigenvalue weighted by atomic mass is 9.60. The van der Waals surface area contributed by atoms with Crippen molar-refractivity contribution in [3.8, 4) is 11.5 Å². The lowest BCUT2D eigenvalue weighted by Crippen LogP contribution is -2.35. The molecule has 3 fully saturated rings. The predicted molar refractivity (Wildman–Crippen MR) is 159 cm³/mol. The standard InChI is InChI=1S/C36H50F2O2/c1-3-5-25-6-8-26(9-7-25)10-11-27-12-17-32-23-31(19-18-30(32)22-27)29-15-13-28(14-16-29)24-40-34-21-20-33(39-4-2)35(37)36(34)38/h6-9,20-21,27-32H,3-5,10-19,22-24H2,1-2H3. The van der Waals surface area contributed by atoms with Gasteiger partial charge in [-0.2, -0.15) is 8.78 Å². The van der Waals surface area contributed by atoms with Gasteiger partial charge in [0.05, 0.1) is 13.2 Å². The molecule has 0 heterocycles. The van der Waals surface area contributed by atoms with Crippen molar-refractivity contribution in [1.82, 2.24) is 0 Å². The van der Waals surface area contributed by atoms with Crippen LogP contribution in [-0.2, 0) is 12.8 Å². The van der Waals surface area contributed by atoms with Gasteiger partial charge < -0.3 is 9.47 Å². The van der Waals surface area contributed by atoms with Gasteiger partial charge in [0.2, 0.25) is 11.6 Å². The number of ether oxygens (including phenoxy) is 2. The molecule has 0 spiro atoms. The number of hydrogen-bond acceptors (Lipinski definition) is 2. The van der Waals surface area contributed by atoms with Crippen LogP contribution in [0.5, 0.6) is 11.5 Å². The second kappa shape index (κ2) is 14.2. The van der Waals surface area contributed by atoms with Crippen LogP contribution in [0.15, 0.2) is 36.4 Å². The van der Waals surface area contributed by atoms with E-state index in [1.807, 2.05) is 0 Å². The van der Waals surface area contributed by atoms with Crippen molar-refractivity contribution in [3.63, 3.8) is 0 Å². The molecule has 4 unspecified atom stereocenters. The molecule has 0 radical (unpaired) electrons. The first-order valence-corrected chi connectivity index (χ1v) is 16.3. The Kier molecular flexibility index (Phi) is 10.4. The zero-order valence-electron chi connectivity index (χ0n) is 24.8. The fourth-order valence-corrected chi connectivity index (χ4v) is 8.17. The molecule has 0 bridgehead atoms. The molecule has 0 N–H and O–H groups in total. The molecule has 0 aromatic heterocycles. The van der Waals surface area contributed by atoms with Crippen molar-refractivity contribution in [2.24, 2.45) is 35.5 Å². The predicted octanol–water partition coefficient (Wildman–Crippen LogP) is 9.97. The van der Waals surface area contributed by atoms with Crippen molar-refractivity contribution < 1.29 is 18.3 Å². The SMILES string of the molecule is CCCc1ccc(CCC2CCC3CC(C4CCC(COc5ccc(OCC)c(F)c5F)CC4)CCC3C2)cc1. The van der Waals surface area contributed by atoms with Gasteiger partial charge in [0, 0.05) is 0 Å². The van der Waals surface area contributed by atoms with Crippen molar-refractivity contribution in [1.29, 1.82) is 0 Å². The highest BCUT2D eigenvalue weighted by molar-refractivity contribution is 5.35. The van der Waals surface area contributed by atoms with Crippen molar-refractivity contribution in [2.75, 3.05) is 13.2 Å². The molecule has 0 aliphatic heterocycles. The molecule has 5 rings (SSSR count). The lowest BCUT2D eigenvalue weighted by molar-refractivity contribution is 0.0546. The summed E-state index contributed by atoms with van der Waals surface area (Å²) in [4.78, 5) is 0. The fourth-order valence-electron chi connectivity index (χ4n) is 8.17. The summed E-state index contributed by atoms with van der Waals surface area (Å²) in [6, 6.07) is 12.3. The van der Waals surface area contributed by atoms with Crippen LogP contribution >= 0.6 is 0 Å². The van der Waals surface area contributed by atoms with E-state index < -0.39 is 11.6 Å². The molecule has 3 aliphatic carbocycles. The average molecular weight is 553 g/mol. The molecular weight excluding hydrogens is 502 g/mol. The van der Waals surface area contributed by atoms with Gasteiger partial charge >= 0.3 is 0 Å². The highest BCUT2D eigenvalue weighted by Gasteiger charge is 2.38. The van der Waals surface area contributed by atoms with Gasteiger partial charge in [-0.15, -0.1) is 0 Å². The monoisotopic (exact) mass is 552 g/mol. The van der Waals surface area contributed by atoms with Crippen LogP contribution < -0.4 is 9.47 Å². The topological polar surface area (TPSA) is 18.5 Å². The summed E-state index contributed by atoms with van der Waals surface area (Å²) in [7, 11) is 0. The summed E-state index contributed by atoms with van der Waals surface area (Å²) in [6.45, 7) is 4.78. The summed E-state index contributed by atoms with van der Waals surface area (Å²) in [5.74, 6) is 3.03. The number of benzene rings is 2. The Hall–Kier alpha value is -2.10. The largest absolute Gasteiger partial charge is 0.491 e. The van der Waals surface area contributed by atoms with E-state index in [0.717, 1.165) is 42.4 Å². The first-order chi connectivity index (χ1) is 19.5. The Labute approximate surface area is 241 Å². The smallest absolute Gasteiger partial charge is 0.204 e. The van der Waals surface area contributed by atoms with Gasteiger partial charge in [0.15, 0.2) is 11.5 Å². The van der Waals surface area contributed by atoms with E-state index in [2.05, 4.69) is 31.2 Å². The van der Waals surface area contributed by atoms with Crippen LogP contribution in [0.2, 0.25) is 0 Å². The molecule has 2 nitrogen and oxygen atoms in total. The summed E-state index contributed by atoms with van der Waals surface area (Å²) >= 11 is 0. The van der Waals surface area contributed by atoms with E-state index in [1.165, 1.54) is 100 Å². The van der Waals surface area contributed by atoms with Gasteiger partial charge in [-0.3, -0.25) is 0 Å². The number of aryl methyl sites for hydroxylation is 2. The summed E-state index contributed by atoms with van der Waals surface area (Å²) in [5.41, 5.74) is 2.99. The van der Waals surface area contributed by atoms with Crippen LogP contribution in [0, 0.1) is 47.1 Å². The molecule has 40 heavy (non-hydrogen) atoms. The van der Waals surface area contributed by atoms with E-state index >= 15 is 0 Å². The maximum Gasteiger partial charge on any atom is 0.204 e. The molecule has 2 aromatic rings. The summed E-state index contributed by atoms with van der Waals surface area (Å²) in [5, 5.41) is 0. The third kappa shape index (κ3) is 7.39. The van der Waals surface area contributed by atoms with E-state index in [0.29, 0.717) is 19.1 Å². The minimum atomic E-state index is -0.954. The van der Waals surface area contributed by atoms with Gasteiger partial charge in [0.1, 0.15) is 0 Å². The van der Waals surface area contributed by atoms with Gasteiger partial charge in [-0.25, -0.2) is 0 Å². The third-order valence-corrected chi connectivity index (χ3v) is 10.5. The molecule has 3 saturated carbocycles. The average Bonchev–Trinajstić information content (AvgIpc) is 2.99. The van der Waals surface area contributed by atoms with Crippen LogP contribution in [0.4, 0.5) is 8.78 Å². The minimum Gasteiger partial charge on any atom is -0.491 e. The van der Waals surface area contributed by atoms with Crippen LogP contribution in [0.25, 0.3) is 0 Å². The zero-order valence-corrected chi connectivity index (χ0v) is 24.8. The van der Waals surface area contributed by atoms with E-state index in [4.69, 9.17) is 9.47 Å². The minimum absolute atomic E-state index is 0.00174. The maximum atomic E-state index is 14.4. The lowest BCUT2D eigenvalue weighted by Gasteiger charge is -2.45. The number of halogens is 2. The van der Waals surface area contributed by atoms with Crippen molar-refractivity contribution >= 4 is 0 Å². The number of rotatable bonds is 11. The van der Waals surface area contributed by atoms with Crippen LogP contribution in [0.1, 0.15) is 102 Å². The van der Waals surface area contributed by atoms with E-state index in [9.17, 15) is 8.78 Å². The fraction of sp³-hybridized carbons (Fsp3) is 0.667. The Bertz CT molecular complexity index is 1060. The molecule has 220 valence electrons. The molecule has 4 heteroatoms. The summed E-state index contributed by atoms with van der Waals surface area (Å²) < 4.78 is 39.4. The maximum absolute atomic E-state index is 14.4. The van der Waals surface area contributed by atoms with E-state index in [-0.39, 0.29) is 11.5 Å². The first kappa shape index (κ1) is 29.4. The molecular formula is C36H50F2O2. The summed E-state index contributed by atoms with van der Waals surface area (Å²) in [6.07, 6.45) is 18.4. The molecule has 0 saturated heterocycles. The van der Waals surface area contributed by atoms with Crippen LogP contribution in [-0.4, -0.2) is 13.2 Å². The normalized spacial score (nSPS) is 28.6. The second-order valence-corrected chi connectivity index (χ2v) is 13.1. The molecule has 3 aliphatic rings. The van der Waals surface area contributed by atoms with Gasteiger partial charge in [-0.1, -0.05) is 44.0 Å². The van der Waals surface area contributed by atoms with Gasteiger partial charge in [-0.05, 0) is 143 Å². The zero-order chi connectivity index (χ0) is 27.9. The Morgan fingerprint density at radius 1 is 0.600 bits per heavy atom.